The molecule has 0 aliphatic heterocycles. The van der Waals surface area contributed by atoms with E-state index in [1.807, 2.05) is 14.0 Å². The fourth-order valence-electron chi connectivity index (χ4n) is 1.79. The third-order valence-electron chi connectivity index (χ3n) is 2.80. The number of rotatable bonds is 4. The standard InChI is InChI=1S/C13H15F2N3/c1-9-10(5-6-16-2)8-18(17-9)13-4-3-11(14)7-12(13)15/h3-4,7-8,16H,5-6H2,1-2H3. The van der Waals surface area contributed by atoms with Gasteiger partial charge >= 0.3 is 0 Å². The van der Waals surface area contributed by atoms with Gasteiger partial charge in [0.05, 0.1) is 5.69 Å². The van der Waals surface area contributed by atoms with E-state index in [1.165, 1.54) is 16.8 Å². The van der Waals surface area contributed by atoms with E-state index in [1.54, 1.807) is 6.20 Å². The molecule has 18 heavy (non-hydrogen) atoms. The van der Waals surface area contributed by atoms with Gasteiger partial charge in [-0.05, 0) is 44.6 Å². The number of nitrogens with zero attached hydrogens (tertiary/aromatic N) is 2. The van der Waals surface area contributed by atoms with Crippen molar-refractivity contribution in [1.29, 1.82) is 0 Å². The predicted molar refractivity (Wildman–Crippen MR) is 65.8 cm³/mol. The third kappa shape index (κ3) is 2.56. The second-order valence-electron chi connectivity index (χ2n) is 4.13. The van der Waals surface area contributed by atoms with Crippen LogP contribution in [0.3, 0.4) is 0 Å². The second-order valence-corrected chi connectivity index (χ2v) is 4.13. The molecule has 2 aromatic rings. The van der Waals surface area contributed by atoms with Crippen molar-refractivity contribution in [1.82, 2.24) is 15.1 Å². The fraction of sp³-hybridized carbons (Fsp3) is 0.308. The number of aromatic nitrogens is 2. The maximum absolute atomic E-state index is 13.6. The van der Waals surface area contributed by atoms with Crippen molar-refractivity contribution in [3.8, 4) is 5.69 Å². The first-order chi connectivity index (χ1) is 8.61. The lowest BCUT2D eigenvalue weighted by atomic mass is 10.2. The Kier molecular flexibility index (Phi) is 3.72. The fourth-order valence-corrected chi connectivity index (χ4v) is 1.79. The molecule has 0 aliphatic rings. The molecule has 0 saturated heterocycles. The minimum atomic E-state index is -0.613. The van der Waals surface area contributed by atoms with Gasteiger partial charge in [0, 0.05) is 12.3 Å². The Morgan fingerprint density at radius 3 is 2.78 bits per heavy atom. The lowest BCUT2D eigenvalue weighted by molar-refractivity contribution is 0.573. The summed E-state index contributed by atoms with van der Waals surface area (Å²) in [6.45, 7) is 2.71. The lowest BCUT2D eigenvalue weighted by Gasteiger charge is -2.02. The molecule has 5 heteroatoms. The maximum atomic E-state index is 13.6. The highest BCUT2D eigenvalue weighted by Crippen LogP contribution is 2.16. The van der Waals surface area contributed by atoms with E-state index in [-0.39, 0.29) is 5.69 Å². The van der Waals surface area contributed by atoms with Gasteiger partial charge in [0.1, 0.15) is 11.5 Å². The Balaban J connectivity index is 2.33. The highest BCUT2D eigenvalue weighted by Gasteiger charge is 2.10. The van der Waals surface area contributed by atoms with E-state index in [4.69, 9.17) is 0 Å². The van der Waals surface area contributed by atoms with Crippen LogP contribution in [0, 0.1) is 18.6 Å². The van der Waals surface area contributed by atoms with Gasteiger partial charge in [-0.25, -0.2) is 13.5 Å². The van der Waals surface area contributed by atoms with Gasteiger partial charge in [-0.1, -0.05) is 0 Å². The van der Waals surface area contributed by atoms with Crippen molar-refractivity contribution in [3.63, 3.8) is 0 Å². The van der Waals surface area contributed by atoms with Gasteiger partial charge in [-0.15, -0.1) is 0 Å². The summed E-state index contributed by atoms with van der Waals surface area (Å²) in [4.78, 5) is 0. The molecule has 3 nitrogen and oxygen atoms in total. The van der Waals surface area contributed by atoms with Crippen LogP contribution in [0.1, 0.15) is 11.3 Å². The predicted octanol–water partition coefficient (Wildman–Crippen LogP) is 2.22. The molecule has 0 unspecified atom stereocenters. The number of halogens is 2. The molecule has 0 aliphatic carbocycles. The molecule has 0 radical (unpaired) electrons. The summed E-state index contributed by atoms with van der Waals surface area (Å²) >= 11 is 0. The number of hydrogen-bond acceptors (Lipinski definition) is 2. The summed E-state index contributed by atoms with van der Waals surface area (Å²) in [5, 5.41) is 7.30. The van der Waals surface area contributed by atoms with E-state index in [2.05, 4.69) is 10.4 Å². The Bertz CT molecular complexity index is 549. The number of aryl methyl sites for hydroxylation is 1. The van der Waals surface area contributed by atoms with Crippen LogP contribution in [-0.2, 0) is 6.42 Å². The average Bonchev–Trinajstić information content (AvgIpc) is 2.68. The van der Waals surface area contributed by atoms with Crippen molar-refractivity contribution in [2.45, 2.75) is 13.3 Å². The zero-order valence-electron chi connectivity index (χ0n) is 10.4. The normalized spacial score (nSPS) is 10.9. The Hall–Kier alpha value is -1.75. The van der Waals surface area contributed by atoms with E-state index in [9.17, 15) is 8.78 Å². The minimum Gasteiger partial charge on any atom is -0.319 e. The molecule has 96 valence electrons. The second kappa shape index (κ2) is 5.27. The smallest absolute Gasteiger partial charge is 0.151 e. The number of benzene rings is 1. The molecule has 0 amide bonds. The van der Waals surface area contributed by atoms with Crippen molar-refractivity contribution in [2.75, 3.05) is 13.6 Å². The summed E-state index contributed by atoms with van der Waals surface area (Å²) in [5.74, 6) is -1.20. The van der Waals surface area contributed by atoms with E-state index in [0.29, 0.717) is 0 Å². The molecule has 1 N–H and O–H groups in total. The van der Waals surface area contributed by atoms with Crippen molar-refractivity contribution in [3.05, 3.63) is 47.3 Å². The summed E-state index contributed by atoms with van der Waals surface area (Å²) in [6, 6.07) is 3.47. The molecule has 2 rings (SSSR count). The molecule has 1 aromatic heterocycles. The molecule has 0 bridgehead atoms. The molecule has 0 saturated carbocycles. The van der Waals surface area contributed by atoms with Gasteiger partial charge in [0.15, 0.2) is 5.82 Å². The summed E-state index contributed by atoms with van der Waals surface area (Å²) in [7, 11) is 1.87. The molecule has 1 heterocycles. The first-order valence-electron chi connectivity index (χ1n) is 5.77. The summed E-state index contributed by atoms with van der Waals surface area (Å²) in [5.41, 5.74) is 2.16. The number of nitrogens with one attached hydrogen (secondary N) is 1. The number of hydrogen-bond donors (Lipinski definition) is 1. The molecule has 0 atom stereocenters. The van der Waals surface area contributed by atoms with Crippen LogP contribution in [0.2, 0.25) is 0 Å². The lowest BCUT2D eigenvalue weighted by Crippen LogP contribution is -2.10. The van der Waals surface area contributed by atoms with Crippen LogP contribution in [0.5, 0.6) is 0 Å². The van der Waals surface area contributed by atoms with Gasteiger partial charge in [0.2, 0.25) is 0 Å². The zero-order valence-corrected chi connectivity index (χ0v) is 10.4. The van der Waals surface area contributed by atoms with Crippen LogP contribution >= 0.6 is 0 Å². The van der Waals surface area contributed by atoms with Crippen LogP contribution in [0.4, 0.5) is 8.78 Å². The van der Waals surface area contributed by atoms with Crippen LogP contribution < -0.4 is 5.32 Å². The molecule has 1 aromatic carbocycles. The molecular formula is C13H15F2N3. The highest BCUT2D eigenvalue weighted by molar-refractivity contribution is 5.34. The van der Waals surface area contributed by atoms with Crippen LogP contribution in [-0.4, -0.2) is 23.4 Å². The summed E-state index contributed by atoms with van der Waals surface area (Å²) in [6.07, 6.45) is 2.61. The average molecular weight is 251 g/mol. The molecular weight excluding hydrogens is 236 g/mol. The van der Waals surface area contributed by atoms with Gasteiger partial charge in [0.25, 0.3) is 0 Å². The van der Waals surface area contributed by atoms with Gasteiger partial charge in [-0.2, -0.15) is 5.10 Å². The molecule has 0 spiro atoms. The van der Waals surface area contributed by atoms with Crippen LogP contribution in [0.25, 0.3) is 5.69 Å². The van der Waals surface area contributed by atoms with E-state index < -0.39 is 11.6 Å². The van der Waals surface area contributed by atoms with Crippen molar-refractivity contribution >= 4 is 0 Å². The zero-order chi connectivity index (χ0) is 13.1. The quantitative estimate of drug-likeness (QED) is 0.903. The summed E-state index contributed by atoms with van der Waals surface area (Å²) < 4.78 is 27.9. The van der Waals surface area contributed by atoms with Crippen molar-refractivity contribution in [2.24, 2.45) is 0 Å². The van der Waals surface area contributed by atoms with Crippen molar-refractivity contribution < 1.29 is 8.78 Å². The first kappa shape index (κ1) is 12.7. The third-order valence-corrected chi connectivity index (χ3v) is 2.80. The number of likely N-dealkylation sites (N-methyl/N-ethyl adjacent to an activating group) is 1. The highest BCUT2D eigenvalue weighted by atomic mass is 19.1. The SMILES string of the molecule is CNCCc1cn(-c2ccc(F)cc2F)nc1C. The Morgan fingerprint density at radius 2 is 2.11 bits per heavy atom. The van der Waals surface area contributed by atoms with Gasteiger partial charge in [-0.3, -0.25) is 0 Å². The van der Waals surface area contributed by atoms with E-state index in [0.717, 1.165) is 30.3 Å². The topological polar surface area (TPSA) is 29.9 Å². The minimum absolute atomic E-state index is 0.259. The largest absolute Gasteiger partial charge is 0.319 e. The maximum Gasteiger partial charge on any atom is 0.151 e. The first-order valence-corrected chi connectivity index (χ1v) is 5.77. The van der Waals surface area contributed by atoms with E-state index >= 15 is 0 Å². The monoisotopic (exact) mass is 251 g/mol. The Morgan fingerprint density at radius 1 is 1.33 bits per heavy atom. The molecule has 0 fully saturated rings. The Labute approximate surface area is 104 Å². The van der Waals surface area contributed by atoms with Gasteiger partial charge < -0.3 is 5.32 Å². The van der Waals surface area contributed by atoms with Crippen LogP contribution in [0.15, 0.2) is 24.4 Å².